The van der Waals surface area contributed by atoms with Crippen molar-refractivity contribution < 1.29 is 14.3 Å². The zero-order valence-corrected chi connectivity index (χ0v) is 12.0. The number of nitrogen functional groups attached to an aromatic ring is 1. The minimum absolute atomic E-state index is 0.222. The van der Waals surface area contributed by atoms with Crippen LogP contribution in [0.25, 0.3) is 0 Å². The van der Waals surface area contributed by atoms with Gasteiger partial charge in [-0.1, -0.05) is 30.3 Å². The van der Waals surface area contributed by atoms with Crippen LogP contribution in [0.4, 0.5) is 5.69 Å². The number of anilines is 1. The summed E-state index contributed by atoms with van der Waals surface area (Å²) in [4.78, 5) is 11.8. The maximum absolute atomic E-state index is 11.8. The first-order valence-corrected chi connectivity index (χ1v) is 6.81. The van der Waals surface area contributed by atoms with E-state index in [9.17, 15) is 4.79 Å². The third-order valence-corrected chi connectivity index (χ3v) is 3.15. The van der Waals surface area contributed by atoms with Gasteiger partial charge in [0.15, 0.2) is 0 Å². The van der Waals surface area contributed by atoms with Crippen molar-refractivity contribution in [2.75, 3.05) is 12.8 Å². The Morgan fingerprint density at radius 2 is 1.95 bits per heavy atom. The van der Waals surface area contributed by atoms with Crippen LogP contribution in [0.2, 0.25) is 0 Å². The molecule has 0 bridgehead atoms. The van der Waals surface area contributed by atoms with Crippen LogP contribution < -0.4 is 10.5 Å². The minimum Gasteiger partial charge on any atom is -0.496 e. The number of hydrogen-bond donors (Lipinski definition) is 1. The van der Waals surface area contributed by atoms with Crippen molar-refractivity contribution >= 4 is 11.7 Å². The predicted octanol–water partition coefficient (Wildman–Crippen LogP) is 2.95. The number of nitrogens with two attached hydrogens (primary N) is 1. The van der Waals surface area contributed by atoms with Gasteiger partial charge < -0.3 is 15.2 Å². The zero-order chi connectivity index (χ0) is 15.1. The van der Waals surface area contributed by atoms with Gasteiger partial charge in [-0.05, 0) is 30.2 Å². The molecule has 0 spiro atoms. The Balaban J connectivity index is 1.82. The molecule has 0 amide bonds. The maximum Gasteiger partial charge on any atom is 0.306 e. The smallest absolute Gasteiger partial charge is 0.306 e. The third kappa shape index (κ3) is 4.53. The maximum atomic E-state index is 11.8. The van der Waals surface area contributed by atoms with Crippen molar-refractivity contribution in [2.45, 2.75) is 19.4 Å². The first-order chi connectivity index (χ1) is 10.2. The van der Waals surface area contributed by atoms with Crippen LogP contribution in [-0.2, 0) is 22.6 Å². The molecular formula is C17H19NO3. The monoisotopic (exact) mass is 285 g/mol. The molecule has 0 radical (unpaired) electrons. The fourth-order valence-electron chi connectivity index (χ4n) is 2.05. The van der Waals surface area contributed by atoms with Gasteiger partial charge in [0.1, 0.15) is 12.4 Å². The summed E-state index contributed by atoms with van der Waals surface area (Å²) in [6, 6.07) is 15.0. The lowest BCUT2D eigenvalue weighted by molar-refractivity contribution is -0.144. The Bertz CT molecular complexity index is 610. The first kappa shape index (κ1) is 14.9. The van der Waals surface area contributed by atoms with Gasteiger partial charge in [-0.2, -0.15) is 0 Å². The van der Waals surface area contributed by atoms with Crippen LogP contribution in [0.15, 0.2) is 48.5 Å². The standard InChI is InChI=1S/C17H19NO3/c1-20-16-8-3-2-6-14(16)12-21-17(19)10-9-13-5-4-7-15(18)11-13/h2-8,11H,9-10,12,18H2,1H3. The second-order valence-corrected chi connectivity index (χ2v) is 4.72. The second kappa shape index (κ2) is 7.33. The molecule has 110 valence electrons. The molecule has 2 aromatic rings. The van der Waals surface area contributed by atoms with E-state index in [1.807, 2.05) is 48.5 Å². The molecule has 0 unspecified atom stereocenters. The number of esters is 1. The summed E-state index contributed by atoms with van der Waals surface area (Å²) >= 11 is 0. The van der Waals surface area contributed by atoms with Gasteiger partial charge in [0, 0.05) is 17.7 Å². The highest BCUT2D eigenvalue weighted by Gasteiger charge is 2.07. The number of carbonyl (C=O) groups is 1. The number of aryl methyl sites for hydroxylation is 1. The van der Waals surface area contributed by atoms with Crippen molar-refractivity contribution in [1.82, 2.24) is 0 Å². The van der Waals surface area contributed by atoms with Crippen molar-refractivity contribution in [3.8, 4) is 5.75 Å². The molecule has 4 heteroatoms. The largest absolute Gasteiger partial charge is 0.496 e. The highest BCUT2D eigenvalue weighted by molar-refractivity contribution is 5.69. The van der Waals surface area contributed by atoms with Crippen LogP contribution in [0, 0.1) is 0 Å². The van der Waals surface area contributed by atoms with E-state index < -0.39 is 0 Å². The average molecular weight is 285 g/mol. The fourth-order valence-corrected chi connectivity index (χ4v) is 2.05. The normalized spacial score (nSPS) is 10.1. The number of ether oxygens (including phenoxy) is 2. The minimum atomic E-state index is -0.233. The average Bonchev–Trinajstić information content (AvgIpc) is 2.51. The number of benzene rings is 2. The van der Waals surface area contributed by atoms with Gasteiger partial charge in [0.2, 0.25) is 0 Å². The van der Waals surface area contributed by atoms with E-state index in [2.05, 4.69) is 0 Å². The summed E-state index contributed by atoms with van der Waals surface area (Å²) in [5, 5.41) is 0. The van der Waals surface area contributed by atoms with Crippen LogP contribution in [0.1, 0.15) is 17.5 Å². The summed E-state index contributed by atoms with van der Waals surface area (Å²) in [5.74, 6) is 0.490. The summed E-state index contributed by atoms with van der Waals surface area (Å²) < 4.78 is 10.5. The molecule has 2 N–H and O–H groups in total. The van der Waals surface area contributed by atoms with Gasteiger partial charge in [0.25, 0.3) is 0 Å². The summed E-state index contributed by atoms with van der Waals surface area (Å²) in [6.07, 6.45) is 0.953. The number of carbonyl (C=O) groups excluding carboxylic acids is 1. The molecule has 4 nitrogen and oxygen atoms in total. The Labute approximate surface area is 124 Å². The van der Waals surface area contributed by atoms with Gasteiger partial charge in [0.05, 0.1) is 7.11 Å². The Morgan fingerprint density at radius 1 is 1.14 bits per heavy atom. The highest BCUT2D eigenvalue weighted by Crippen LogP contribution is 2.18. The molecule has 0 heterocycles. The molecule has 0 saturated carbocycles. The molecule has 0 atom stereocenters. The van der Waals surface area contributed by atoms with Gasteiger partial charge in [-0.15, -0.1) is 0 Å². The molecule has 0 fully saturated rings. The summed E-state index contributed by atoms with van der Waals surface area (Å²) in [5.41, 5.74) is 8.30. The number of para-hydroxylation sites is 1. The summed E-state index contributed by atoms with van der Waals surface area (Å²) in [7, 11) is 1.60. The molecule has 0 aromatic heterocycles. The topological polar surface area (TPSA) is 61.5 Å². The molecule has 0 aliphatic heterocycles. The van der Waals surface area contributed by atoms with E-state index in [1.165, 1.54) is 0 Å². The predicted molar refractivity (Wildman–Crippen MR) is 82.0 cm³/mol. The molecule has 0 aliphatic carbocycles. The van der Waals surface area contributed by atoms with Crippen molar-refractivity contribution in [3.63, 3.8) is 0 Å². The lowest BCUT2D eigenvalue weighted by Crippen LogP contribution is -2.06. The number of hydrogen-bond acceptors (Lipinski definition) is 4. The fraction of sp³-hybridized carbons (Fsp3) is 0.235. The molecule has 2 aromatic carbocycles. The van der Waals surface area contributed by atoms with Gasteiger partial charge in [-0.3, -0.25) is 4.79 Å². The lowest BCUT2D eigenvalue weighted by Gasteiger charge is -2.09. The van der Waals surface area contributed by atoms with E-state index in [0.29, 0.717) is 18.5 Å². The quantitative estimate of drug-likeness (QED) is 0.654. The van der Waals surface area contributed by atoms with Crippen molar-refractivity contribution in [1.29, 1.82) is 0 Å². The third-order valence-electron chi connectivity index (χ3n) is 3.15. The van der Waals surface area contributed by atoms with Crippen LogP contribution in [0.5, 0.6) is 5.75 Å². The highest BCUT2D eigenvalue weighted by atomic mass is 16.5. The van der Waals surface area contributed by atoms with E-state index in [1.54, 1.807) is 7.11 Å². The summed E-state index contributed by atoms with van der Waals surface area (Å²) in [6.45, 7) is 0.222. The zero-order valence-electron chi connectivity index (χ0n) is 12.0. The molecule has 0 saturated heterocycles. The number of rotatable bonds is 6. The Kier molecular flexibility index (Phi) is 5.21. The number of methoxy groups -OCH3 is 1. The molecule has 2 rings (SSSR count). The van der Waals surface area contributed by atoms with Crippen LogP contribution in [-0.4, -0.2) is 13.1 Å². The Hall–Kier alpha value is -2.49. The lowest BCUT2D eigenvalue weighted by atomic mass is 10.1. The van der Waals surface area contributed by atoms with Gasteiger partial charge >= 0.3 is 5.97 Å². The second-order valence-electron chi connectivity index (χ2n) is 4.72. The SMILES string of the molecule is COc1ccccc1COC(=O)CCc1cccc(N)c1. The molecule has 0 aliphatic rings. The molecule has 21 heavy (non-hydrogen) atoms. The van der Waals surface area contributed by atoms with E-state index in [0.717, 1.165) is 16.9 Å². The first-order valence-electron chi connectivity index (χ1n) is 6.81. The van der Waals surface area contributed by atoms with E-state index in [-0.39, 0.29) is 12.6 Å². The van der Waals surface area contributed by atoms with Crippen LogP contribution in [0.3, 0.4) is 0 Å². The van der Waals surface area contributed by atoms with E-state index >= 15 is 0 Å². The Morgan fingerprint density at radius 3 is 2.71 bits per heavy atom. The van der Waals surface area contributed by atoms with Gasteiger partial charge in [-0.25, -0.2) is 0 Å². The van der Waals surface area contributed by atoms with Crippen molar-refractivity contribution in [2.24, 2.45) is 0 Å². The van der Waals surface area contributed by atoms with E-state index in [4.69, 9.17) is 15.2 Å². The molecular weight excluding hydrogens is 266 g/mol. The van der Waals surface area contributed by atoms with Crippen molar-refractivity contribution in [3.05, 3.63) is 59.7 Å². The van der Waals surface area contributed by atoms with Crippen LogP contribution >= 0.6 is 0 Å².